The third-order valence-electron chi connectivity index (χ3n) is 7.01. The lowest BCUT2D eigenvalue weighted by atomic mass is 9.86. The van der Waals surface area contributed by atoms with Crippen molar-refractivity contribution in [3.05, 3.63) is 110 Å². The van der Waals surface area contributed by atoms with E-state index in [9.17, 15) is 19.5 Å². The number of rotatable bonds is 6. The predicted molar refractivity (Wildman–Crippen MR) is 157 cm³/mol. The van der Waals surface area contributed by atoms with Crippen LogP contribution in [-0.2, 0) is 19.1 Å². The average Bonchev–Trinajstić information content (AvgIpc) is 2.94. The van der Waals surface area contributed by atoms with E-state index >= 15 is 4.39 Å². The van der Waals surface area contributed by atoms with Crippen LogP contribution >= 0.6 is 0 Å². The Labute approximate surface area is 239 Å². The molecule has 0 fully saturated rings. The topological polar surface area (TPSA) is 139 Å². The molecule has 0 radical (unpaired) electrons. The van der Waals surface area contributed by atoms with Crippen molar-refractivity contribution in [3.8, 4) is 16.8 Å². The molecule has 3 N–H and O–H groups in total. The van der Waals surface area contributed by atoms with Crippen LogP contribution in [0.3, 0.4) is 0 Å². The summed E-state index contributed by atoms with van der Waals surface area (Å²) in [7, 11) is 1.56. The summed E-state index contributed by atoms with van der Waals surface area (Å²) in [6.07, 6.45) is 4.18. The van der Waals surface area contributed by atoms with Gasteiger partial charge in [0.15, 0.2) is 0 Å². The summed E-state index contributed by atoms with van der Waals surface area (Å²) in [5.41, 5.74) is 1.15. The van der Waals surface area contributed by atoms with Gasteiger partial charge in [0.25, 0.3) is 11.1 Å². The number of nitrogens with one attached hydrogen (secondary N) is 1. The average molecular weight is 570 g/mol. The monoisotopic (exact) mass is 569 g/mol. The van der Waals surface area contributed by atoms with Gasteiger partial charge in [0.2, 0.25) is 0 Å². The maximum absolute atomic E-state index is 15.3. The van der Waals surface area contributed by atoms with Crippen molar-refractivity contribution < 1.29 is 19.4 Å². The van der Waals surface area contributed by atoms with Gasteiger partial charge in [-0.25, -0.2) is 14.2 Å². The van der Waals surface area contributed by atoms with Crippen LogP contribution in [0.5, 0.6) is 0 Å². The summed E-state index contributed by atoms with van der Waals surface area (Å²) < 4.78 is 17.7. The number of halogens is 1. The molecule has 3 heterocycles. The third kappa shape index (κ3) is 5.17. The minimum absolute atomic E-state index is 0.00123. The molecule has 42 heavy (non-hydrogen) atoms. The summed E-state index contributed by atoms with van der Waals surface area (Å²) in [6.45, 7) is 5.38. The van der Waals surface area contributed by atoms with E-state index in [2.05, 4.69) is 15.4 Å². The number of aliphatic hydroxyl groups is 1. The van der Waals surface area contributed by atoms with E-state index in [1.54, 1.807) is 43.6 Å². The molecule has 3 aromatic heterocycles. The van der Waals surface area contributed by atoms with Gasteiger partial charge in [0.05, 0.1) is 29.4 Å². The predicted octanol–water partition coefficient (Wildman–Crippen LogP) is 4.52. The number of hydrogen-bond acceptors (Lipinski definition) is 7. The van der Waals surface area contributed by atoms with Gasteiger partial charge in [0.1, 0.15) is 17.3 Å². The quantitative estimate of drug-likeness (QED) is 0.271. The fourth-order valence-corrected chi connectivity index (χ4v) is 4.73. The van der Waals surface area contributed by atoms with E-state index < -0.39 is 24.0 Å². The molecule has 0 aliphatic rings. The molecule has 2 aromatic carbocycles. The maximum atomic E-state index is 15.3. The zero-order chi connectivity index (χ0) is 30.3. The highest BCUT2D eigenvalue weighted by Gasteiger charge is 2.21. The lowest BCUT2D eigenvalue weighted by molar-refractivity contribution is 0.0696. The standard InChI is InChI=1S/C31H28FN5O5/c1-31(2,3)20-10-18-14-34-37(29(40)27(18)23(32)12-20)25-7-5-6-21(22(25)16-38)19-11-24(28(39)36(4)15-19)35-26-9-8-17(13-33-26)30(41)42/h5-15,38H,16H2,1-4H3,(H,33,35)(H,41,42). The number of pyridine rings is 2. The van der Waals surface area contributed by atoms with Crippen molar-refractivity contribution in [2.24, 2.45) is 7.05 Å². The molecule has 0 spiro atoms. The smallest absolute Gasteiger partial charge is 0.337 e. The Hall–Kier alpha value is -5.16. The van der Waals surface area contributed by atoms with E-state index in [-0.39, 0.29) is 39.1 Å². The molecular formula is C31H28FN5O5. The molecule has 0 saturated carbocycles. The van der Waals surface area contributed by atoms with E-state index in [0.29, 0.717) is 22.1 Å². The van der Waals surface area contributed by atoms with Gasteiger partial charge in [-0.05, 0) is 52.9 Å². The molecule has 0 unspecified atom stereocenters. The van der Waals surface area contributed by atoms with E-state index in [1.807, 2.05) is 20.8 Å². The van der Waals surface area contributed by atoms with Crippen molar-refractivity contribution >= 4 is 28.2 Å². The number of carbonyl (C=O) groups is 1. The second-order valence-electron chi connectivity index (χ2n) is 10.9. The highest BCUT2D eigenvalue weighted by molar-refractivity contribution is 5.87. The molecule has 0 aliphatic heterocycles. The second kappa shape index (κ2) is 10.7. The zero-order valence-corrected chi connectivity index (χ0v) is 23.3. The first kappa shape index (κ1) is 28.4. The zero-order valence-electron chi connectivity index (χ0n) is 23.3. The number of aryl methyl sites for hydroxylation is 1. The first-order valence-electron chi connectivity index (χ1n) is 13.0. The largest absolute Gasteiger partial charge is 0.478 e. The molecule has 0 bridgehead atoms. The molecule has 0 atom stereocenters. The van der Waals surface area contributed by atoms with Crippen LogP contribution in [-0.4, -0.2) is 35.5 Å². The number of hydrogen-bond donors (Lipinski definition) is 3. The molecule has 0 saturated heterocycles. The summed E-state index contributed by atoms with van der Waals surface area (Å²) >= 11 is 0. The van der Waals surface area contributed by atoms with Crippen LogP contribution < -0.4 is 16.4 Å². The van der Waals surface area contributed by atoms with Gasteiger partial charge >= 0.3 is 5.97 Å². The molecule has 0 amide bonds. The Kier molecular flexibility index (Phi) is 7.21. The van der Waals surface area contributed by atoms with Crippen LogP contribution in [0.25, 0.3) is 27.6 Å². The van der Waals surface area contributed by atoms with Gasteiger partial charge in [-0.1, -0.05) is 32.9 Å². The Morgan fingerprint density at radius 1 is 1.05 bits per heavy atom. The lowest BCUT2D eigenvalue weighted by Gasteiger charge is -2.20. The van der Waals surface area contributed by atoms with E-state index in [0.717, 1.165) is 10.2 Å². The number of fused-ring (bicyclic) bond motifs is 1. The first-order chi connectivity index (χ1) is 19.9. The lowest BCUT2D eigenvalue weighted by Crippen LogP contribution is -2.24. The number of anilines is 2. The SMILES string of the molecule is Cn1cc(-c2cccc(-n3ncc4cc(C(C)(C)C)cc(F)c4c3=O)c2CO)cc(Nc2ccc(C(=O)O)cn2)c1=O. The molecule has 0 aliphatic carbocycles. The van der Waals surface area contributed by atoms with Gasteiger partial charge < -0.3 is 20.1 Å². The van der Waals surface area contributed by atoms with Crippen molar-refractivity contribution in [1.82, 2.24) is 19.3 Å². The fourth-order valence-electron chi connectivity index (χ4n) is 4.73. The van der Waals surface area contributed by atoms with Crippen LogP contribution in [0, 0.1) is 5.82 Å². The minimum Gasteiger partial charge on any atom is -0.478 e. The van der Waals surface area contributed by atoms with Gasteiger partial charge in [-0.15, -0.1) is 0 Å². The van der Waals surface area contributed by atoms with Gasteiger partial charge in [-0.2, -0.15) is 9.78 Å². The second-order valence-corrected chi connectivity index (χ2v) is 10.9. The summed E-state index contributed by atoms with van der Waals surface area (Å²) in [5.74, 6) is -1.52. The number of aromatic nitrogens is 4. The Morgan fingerprint density at radius 3 is 2.45 bits per heavy atom. The van der Waals surface area contributed by atoms with Crippen molar-refractivity contribution in [2.75, 3.05) is 5.32 Å². The maximum Gasteiger partial charge on any atom is 0.337 e. The highest BCUT2D eigenvalue weighted by atomic mass is 19.1. The number of carboxylic acids is 1. The van der Waals surface area contributed by atoms with Crippen LogP contribution in [0.15, 0.2) is 76.7 Å². The number of aromatic carboxylic acids is 1. The molecule has 5 aromatic rings. The molecule has 214 valence electrons. The summed E-state index contributed by atoms with van der Waals surface area (Å²) in [5, 5.41) is 27.1. The number of carboxylic acid groups (broad SMARTS) is 1. The van der Waals surface area contributed by atoms with Crippen LogP contribution in [0.4, 0.5) is 15.9 Å². The van der Waals surface area contributed by atoms with Crippen molar-refractivity contribution in [2.45, 2.75) is 32.8 Å². The highest BCUT2D eigenvalue weighted by Crippen LogP contribution is 2.31. The molecular weight excluding hydrogens is 541 g/mol. The normalized spacial score (nSPS) is 11.6. The molecule has 10 nitrogen and oxygen atoms in total. The fraction of sp³-hybridized carbons (Fsp3) is 0.194. The Balaban J connectivity index is 1.62. The molecule has 5 rings (SSSR count). The number of nitrogens with zero attached hydrogens (tertiary/aromatic N) is 4. The van der Waals surface area contributed by atoms with Gasteiger partial charge in [0, 0.05) is 36.0 Å². The Bertz CT molecular complexity index is 1970. The molecule has 11 heteroatoms. The number of aliphatic hydroxyl groups excluding tert-OH is 1. The number of benzene rings is 2. The van der Waals surface area contributed by atoms with Crippen LogP contribution in [0.1, 0.15) is 42.3 Å². The first-order valence-corrected chi connectivity index (χ1v) is 13.0. The minimum atomic E-state index is -1.12. The third-order valence-corrected chi connectivity index (χ3v) is 7.01. The Morgan fingerprint density at radius 2 is 1.81 bits per heavy atom. The van der Waals surface area contributed by atoms with Crippen LogP contribution in [0.2, 0.25) is 0 Å². The van der Waals surface area contributed by atoms with E-state index in [1.165, 1.54) is 35.2 Å². The van der Waals surface area contributed by atoms with Gasteiger partial charge in [-0.3, -0.25) is 9.59 Å². The van der Waals surface area contributed by atoms with E-state index in [4.69, 9.17) is 5.11 Å². The summed E-state index contributed by atoms with van der Waals surface area (Å²) in [6, 6.07) is 12.5. The summed E-state index contributed by atoms with van der Waals surface area (Å²) in [4.78, 5) is 41.6. The van der Waals surface area contributed by atoms with Crippen molar-refractivity contribution in [3.63, 3.8) is 0 Å². The van der Waals surface area contributed by atoms with Crippen molar-refractivity contribution in [1.29, 1.82) is 0 Å².